The lowest BCUT2D eigenvalue weighted by Gasteiger charge is -2.13. The van der Waals surface area contributed by atoms with Gasteiger partial charge in [-0.1, -0.05) is 24.3 Å². The Bertz CT molecular complexity index is 1350. The lowest BCUT2D eigenvalue weighted by Crippen LogP contribution is -2.25. The first-order chi connectivity index (χ1) is 18.1. The van der Waals surface area contributed by atoms with Gasteiger partial charge in [0.25, 0.3) is 5.91 Å². The molecule has 0 saturated carbocycles. The van der Waals surface area contributed by atoms with Crippen LogP contribution in [0.2, 0.25) is 0 Å². The molecule has 0 atom stereocenters. The van der Waals surface area contributed by atoms with Crippen molar-refractivity contribution in [3.8, 4) is 11.5 Å². The van der Waals surface area contributed by atoms with Gasteiger partial charge >= 0.3 is 0 Å². The van der Waals surface area contributed by atoms with E-state index in [2.05, 4.69) is 22.5 Å². The minimum absolute atomic E-state index is 0.210. The number of carbonyl (C=O) groups excluding carboxylic acids is 1. The number of nitrogens with one attached hydrogen (secondary N) is 1. The van der Waals surface area contributed by atoms with Crippen LogP contribution in [0.1, 0.15) is 34.6 Å². The minimum atomic E-state index is -0.360. The number of hydrogen-bond acceptors (Lipinski definition) is 4. The highest BCUT2D eigenvalue weighted by molar-refractivity contribution is 5.94. The number of fused-ring (bicyclic) bond motifs is 1. The Morgan fingerprint density at radius 2 is 1.89 bits per heavy atom. The molecule has 37 heavy (non-hydrogen) atoms. The van der Waals surface area contributed by atoms with E-state index < -0.39 is 0 Å². The zero-order valence-electron chi connectivity index (χ0n) is 21.1. The molecule has 1 heterocycles. The first-order valence-electron chi connectivity index (χ1n) is 12.5. The number of halogens is 1. The summed E-state index contributed by atoms with van der Waals surface area (Å²) in [5.74, 6) is 1.85. The molecule has 3 aromatic carbocycles. The van der Waals surface area contributed by atoms with Crippen molar-refractivity contribution >= 4 is 16.9 Å². The third-order valence-corrected chi connectivity index (χ3v) is 6.09. The van der Waals surface area contributed by atoms with Crippen LogP contribution in [0, 0.1) is 5.82 Å². The molecular formula is C30H32FN3O3. The van der Waals surface area contributed by atoms with Gasteiger partial charge in [0.1, 0.15) is 11.6 Å². The Hall–Kier alpha value is -4.13. The van der Waals surface area contributed by atoms with Gasteiger partial charge in [0.15, 0.2) is 11.5 Å². The van der Waals surface area contributed by atoms with E-state index in [1.54, 1.807) is 7.11 Å². The molecule has 1 aromatic heterocycles. The molecule has 4 aromatic rings. The average molecular weight is 502 g/mol. The van der Waals surface area contributed by atoms with Gasteiger partial charge in [-0.05, 0) is 73.4 Å². The van der Waals surface area contributed by atoms with Gasteiger partial charge in [-0.15, -0.1) is 6.58 Å². The van der Waals surface area contributed by atoms with Crippen molar-refractivity contribution in [3.05, 3.63) is 102 Å². The fourth-order valence-electron chi connectivity index (χ4n) is 4.25. The van der Waals surface area contributed by atoms with E-state index in [1.807, 2.05) is 42.5 Å². The van der Waals surface area contributed by atoms with Crippen LogP contribution in [0.25, 0.3) is 11.0 Å². The van der Waals surface area contributed by atoms with Gasteiger partial charge in [-0.3, -0.25) is 4.79 Å². The highest BCUT2D eigenvalue weighted by Crippen LogP contribution is 2.28. The van der Waals surface area contributed by atoms with E-state index >= 15 is 0 Å². The quantitative estimate of drug-likeness (QED) is 0.187. The third-order valence-electron chi connectivity index (χ3n) is 6.09. The number of allylic oxidation sites excluding steroid dienone is 1. The van der Waals surface area contributed by atoms with Crippen molar-refractivity contribution in [2.75, 3.05) is 20.3 Å². The number of rotatable bonds is 13. The number of aryl methyl sites for hydroxylation is 2. The van der Waals surface area contributed by atoms with E-state index in [4.69, 9.17) is 14.5 Å². The SMILES string of the molecule is C=CCc1ccc(OCCCn2c(CCCNC(=O)c3ccc(F)cc3)nc3ccccc32)c(OC)c1. The first kappa shape index (κ1) is 25.9. The van der Waals surface area contributed by atoms with Crippen molar-refractivity contribution in [2.45, 2.75) is 32.2 Å². The van der Waals surface area contributed by atoms with Crippen molar-refractivity contribution in [1.82, 2.24) is 14.9 Å². The Kier molecular flexibility index (Phi) is 8.92. The average Bonchev–Trinajstić information content (AvgIpc) is 3.27. The van der Waals surface area contributed by atoms with Crippen molar-refractivity contribution in [3.63, 3.8) is 0 Å². The Balaban J connectivity index is 1.33. The summed E-state index contributed by atoms with van der Waals surface area (Å²) in [6.07, 6.45) is 4.90. The molecule has 0 radical (unpaired) electrons. The number of imidazole rings is 1. The van der Waals surface area contributed by atoms with E-state index in [9.17, 15) is 9.18 Å². The number of methoxy groups -OCH3 is 1. The van der Waals surface area contributed by atoms with E-state index in [-0.39, 0.29) is 11.7 Å². The molecule has 6 nitrogen and oxygen atoms in total. The summed E-state index contributed by atoms with van der Waals surface area (Å²) in [5.41, 5.74) is 3.61. The molecule has 1 N–H and O–H groups in total. The maximum atomic E-state index is 13.1. The second kappa shape index (κ2) is 12.7. The predicted octanol–water partition coefficient (Wildman–Crippen LogP) is 5.74. The summed E-state index contributed by atoms with van der Waals surface area (Å²) in [4.78, 5) is 17.1. The van der Waals surface area contributed by atoms with Crippen LogP contribution in [-0.4, -0.2) is 35.7 Å². The molecule has 0 unspecified atom stereocenters. The van der Waals surface area contributed by atoms with Crippen molar-refractivity contribution in [2.24, 2.45) is 0 Å². The third kappa shape index (κ3) is 6.76. The second-order valence-corrected chi connectivity index (χ2v) is 8.71. The van der Waals surface area contributed by atoms with Gasteiger partial charge < -0.3 is 19.4 Å². The topological polar surface area (TPSA) is 65.4 Å². The molecule has 0 aliphatic rings. The highest BCUT2D eigenvalue weighted by atomic mass is 19.1. The number of amides is 1. The van der Waals surface area contributed by atoms with Crippen LogP contribution in [0.15, 0.2) is 79.4 Å². The number of nitrogens with zero attached hydrogens (tertiary/aromatic N) is 2. The number of ether oxygens (including phenoxy) is 2. The number of hydrogen-bond donors (Lipinski definition) is 1. The number of carbonyl (C=O) groups is 1. The fraction of sp³-hybridized carbons (Fsp3) is 0.267. The van der Waals surface area contributed by atoms with E-state index in [0.717, 1.165) is 66.1 Å². The molecule has 0 bridgehead atoms. The van der Waals surface area contributed by atoms with Gasteiger partial charge in [-0.2, -0.15) is 0 Å². The lowest BCUT2D eigenvalue weighted by atomic mass is 10.1. The fourth-order valence-corrected chi connectivity index (χ4v) is 4.25. The molecule has 0 aliphatic carbocycles. The Morgan fingerprint density at radius 3 is 2.68 bits per heavy atom. The van der Waals surface area contributed by atoms with Crippen LogP contribution in [0.5, 0.6) is 11.5 Å². The van der Waals surface area contributed by atoms with Gasteiger partial charge in [0.2, 0.25) is 0 Å². The monoisotopic (exact) mass is 501 g/mol. The van der Waals surface area contributed by atoms with Crippen LogP contribution in [0.3, 0.4) is 0 Å². The van der Waals surface area contributed by atoms with Crippen LogP contribution in [0.4, 0.5) is 4.39 Å². The summed E-state index contributed by atoms with van der Waals surface area (Å²) < 4.78 is 26.8. The van der Waals surface area contributed by atoms with Crippen LogP contribution < -0.4 is 14.8 Å². The van der Waals surface area contributed by atoms with Crippen molar-refractivity contribution in [1.29, 1.82) is 0 Å². The number of para-hydroxylation sites is 2. The predicted molar refractivity (Wildman–Crippen MR) is 144 cm³/mol. The number of benzene rings is 3. The summed E-state index contributed by atoms with van der Waals surface area (Å²) in [6, 6.07) is 19.6. The zero-order chi connectivity index (χ0) is 26.0. The maximum Gasteiger partial charge on any atom is 0.251 e. The molecule has 0 fully saturated rings. The first-order valence-corrected chi connectivity index (χ1v) is 12.5. The van der Waals surface area contributed by atoms with Crippen molar-refractivity contribution < 1.29 is 18.7 Å². The van der Waals surface area contributed by atoms with Gasteiger partial charge in [0.05, 0.1) is 24.8 Å². The lowest BCUT2D eigenvalue weighted by molar-refractivity contribution is 0.0953. The Morgan fingerprint density at radius 1 is 1.08 bits per heavy atom. The highest BCUT2D eigenvalue weighted by Gasteiger charge is 2.12. The molecule has 1 amide bonds. The largest absolute Gasteiger partial charge is 0.493 e. The maximum absolute atomic E-state index is 13.1. The van der Waals surface area contributed by atoms with E-state index in [0.29, 0.717) is 18.7 Å². The van der Waals surface area contributed by atoms with Crippen LogP contribution >= 0.6 is 0 Å². The second-order valence-electron chi connectivity index (χ2n) is 8.71. The summed E-state index contributed by atoms with van der Waals surface area (Å²) >= 11 is 0. The summed E-state index contributed by atoms with van der Waals surface area (Å²) in [5, 5.41) is 2.90. The van der Waals surface area contributed by atoms with Gasteiger partial charge in [-0.25, -0.2) is 9.37 Å². The smallest absolute Gasteiger partial charge is 0.251 e. The van der Waals surface area contributed by atoms with Crippen LogP contribution in [-0.2, 0) is 19.4 Å². The Labute approximate surface area is 216 Å². The molecular weight excluding hydrogens is 469 g/mol. The molecule has 7 heteroatoms. The van der Waals surface area contributed by atoms with Gasteiger partial charge in [0, 0.05) is 25.1 Å². The molecule has 0 saturated heterocycles. The molecule has 192 valence electrons. The minimum Gasteiger partial charge on any atom is -0.493 e. The summed E-state index contributed by atoms with van der Waals surface area (Å²) in [7, 11) is 1.64. The normalized spacial score (nSPS) is 10.9. The number of aromatic nitrogens is 2. The van der Waals surface area contributed by atoms with E-state index in [1.165, 1.54) is 24.3 Å². The molecule has 0 spiro atoms. The zero-order valence-corrected chi connectivity index (χ0v) is 21.1. The standard InChI is InChI=1S/C30H32FN3O3/c1-3-8-22-12-17-27(28(21-22)36-2)37-20-7-19-34-26-10-5-4-9-25(26)33-29(34)11-6-18-32-30(35)23-13-15-24(31)16-14-23/h3-5,9-10,12-17,21H,1,6-8,11,18-20H2,2H3,(H,32,35). The molecule has 0 aliphatic heterocycles. The molecule has 4 rings (SSSR count). The summed E-state index contributed by atoms with van der Waals surface area (Å²) in [6.45, 7) is 5.59.